The first-order valence-electron chi connectivity index (χ1n) is 6.74. The van der Waals surface area contributed by atoms with Gasteiger partial charge in [-0.2, -0.15) is 11.3 Å². The minimum Gasteiger partial charge on any atom is -0.340 e. The van der Waals surface area contributed by atoms with Gasteiger partial charge in [0.2, 0.25) is 5.91 Å². The number of hydrogen-bond acceptors (Lipinski definition) is 4. The summed E-state index contributed by atoms with van der Waals surface area (Å²) >= 11 is 1.73. The Kier molecular flexibility index (Phi) is 4.60. The highest BCUT2D eigenvalue weighted by molar-refractivity contribution is 7.07. The van der Waals surface area contributed by atoms with Gasteiger partial charge in [0.15, 0.2) is 0 Å². The number of piperazine rings is 1. The average Bonchev–Trinajstić information content (AvgIpc) is 2.80. The summed E-state index contributed by atoms with van der Waals surface area (Å²) in [6.45, 7) is 8.33. The van der Waals surface area contributed by atoms with Crippen LogP contribution in [0.25, 0.3) is 0 Å². The van der Waals surface area contributed by atoms with Crippen molar-refractivity contribution < 1.29 is 4.79 Å². The molecule has 1 aromatic heterocycles. The summed E-state index contributed by atoms with van der Waals surface area (Å²) < 4.78 is 0. The normalized spacial score (nSPS) is 17.7. The van der Waals surface area contributed by atoms with Crippen LogP contribution in [0.3, 0.4) is 0 Å². The highest BCUT2D eigenvalue weighted by Gasteiger charge is 2.24. The Bertz CT molecular complexity index is 403. The van der Waals surface area contributed by atoms with Crippen LogP contribution in [0.1, 0.15) is 25.8 Å². The van der Waals surface area contributed by atoms with Crippen LogP contribution in [0.5, 0.6) is 0 Å². The standard InChI is InChI=1S/C14H23N3OS/c1-14(2,15)9-13(18)17-6-4-16(5-7-17)10-12-3-8-19-11-12/h3,8,11H,4-7,9-10,15H2,1-2H3. The fourth-order valence-electron chi connectivity index (χ4n) is 2.30. The lowest BCUT2D eigenvalue weighted by atomic mass is 10.0. The van der Waals surface area contributed by atoms with Gasteiger partial charge in [0, 0.05) is 44.7 Å². The third-order valence-corrected chi connectivity index (χ3v) is 4.05. The summed E-state index contributed by atoms with van der Waals surface area (Å²) in [6.07, 6.45) is 0.428. The molecule has 0 atom stereocenters. The van der Waals surface area contributed by atoms with Gasteiger partial charge < -0.3 is 10.6 Å². The summed E-state index contributed by atoms with van der Waals surface area (Å²) in [5.41, 5.74) is 6.86. The van der Waals surface area contributed by atoms with Gasteiger partial charge in [-0.1, -0.05) is 0 Å². The number of amides is 1. The molecule has 0 bridgehead atoms. The third-order valence-electron chi connectivity index (χ3n) is 3.32. The Morgan fingerprint density at radius 1 is 1.37 bits per heavy atom. The van der Waals surface area contributed by atoms with Crippen LogP contribution in [-0.4, -0.2) is 47.4 Å². The molecule has 0 aliphatic carbocycles. The van der Waals surface area contributed by atoms with Crippen LogP contribution < -0.4 is 5.73 Å². The van der Waals surface area contributed by atoms with E-state index in [1.807, 2.05) is 18.7 Å². The van der Waals surface area contributed by atoms with Crippen molar-refractivity contribution in [3.63, 3.8) is 0 Å². The summed E-state index contributed by atoms with van der Waals surface area (Å²) in [7, 11) is 0. The van der Waals surface area contributed by atoms with Crippen molar-refractivity contribution in [3.05, 3.63) is 22.4 Å². The van der Waals surface area contributed by atoms with Crippen molar-refractivity contribution in [1.82, 2.24) is 9.80 Å². The van der Waals surface area contributed by atoms with Gasteiger partial charge >= 0.3 is 0 Å². The largest absolute Gasteiger partial charge is 0.340 e. The quantitative estimate of drug-likeness (QED) is 0.910. The molecule has 5 heteroatoms. The number of thiophene rings is 1. The lowest BCUT2D eigenvalue weighted by Crippen LogP contribution is -2.50. The molecule has 1 aliphatic rings. The fourth-order valence-corrected chi connectivity index (χ4v) is 2.96. The van der Waals surface area contributed by atoms with Gasteiger partial charge in [0.25, 0.3) is 0 Å². The zero-order chi connectivity index (χ0) is 13.9. The third kappa shape index (κ3) is 4.60. The molecule has 2 rings (SSSR count). The molecule has 0 saturated carbocycles. The minimum atomic E-state index is -0.412. The molecule has 4 nitrogen and oxygen atoms in total. The predicted octanol–water partition coefficient (Wildman–Crippen LogP) is 1.52. The van der Waals surface area contributed by atoms with E-state index in [4.69, 9.17) is 5.73 Å². The van der Waals surface area contributed by atoms with E-state index < -0.39 is 5.54 Å². The smallest absolute Gasteiger partial charge is 0.224 e. The fraction of sp³-hybridized carbons (Fsp3) is 0.643. The maximum Gasteiger partial charge on any atom is 0.224 e. The van der Waals surface area contributed by atoms with Crippen molar-refractivity contribution in [2.75, 3.05) is 26.2 Å². The van der Waals surface area contributed by atoms with Crippen LogP contribution in [-0.2, 0) is 11.3 Å². The number of nitrogens with two attached hydrogens (primary N) is 1. The van der Waals surface area contributed by atoms with Gasteiger partial charge in [-0.3, -0.25) is 9.69 Å². The summed E-state index contributed by atoms with van der Waals surface area (Å²) in [6, 6.07) is 2.17. The number of carbonyl (C=O) groups is 1. The number of nitrogens with zero attached hydrogens (tertiary/aromatic N) is 2. The second kappa shape index (κ2) is 6.03. The minimum absolute atomic E-state index is 0.183. The molecule has 1 saturated heterocycles. The molecule has 2 heterocycles. The zero-order valence-electron chi connectivity index (χ0n) is 11.8. The molecule has 19 heavy (non-hydrogen) atoms. The van der Waals surface area contributed by atoms with E-state index in [0.717, 1.165) is 32.7 Å². The van der Waals surface area contributed by atoms with Crippen molar-refractivity contribution in [2.45, 2.75) is 32.4 Å². The van der Waals surface area contributed by atoms with Crippen molar-refractivity contribution in [1.29, 1.82) is 0 Å². The second-order valence-electron chi connectivity index (χ2n) is 5.95. The van der Waals surface area contributed by atoms with Gasteiger partial charge in [-0.15, -0.1) is 0 Å². The molecule has 0 unspecified atom stereocenters. The molecular formula is C14H23N3OS. The van der Waals surface area contributed by atoms with E-state index in [1.54, 1.807) is 11.3 Å². The van der Waals surface area contributed by atoms with Crippen molar-refractivity contribution in [3.8, 4) is 0 Å². The van der Waals surface area contributed by atoms with Crippen LogP contribution >= 0.6 is 11.3 Å². The Labute approximate surface area is 119 Å². The maximum absolute atomic E-state index is 12.1. The molecule has 0 aromatic carbocycles. The zero-order valence-corrected chi connectivity index (χ0v) is 12.6. The first-order valence-corrected chi connectivity index (χ1v) is 7.68. The molecule has 1 fully saturated rings. The van der Waals surface area contributed by atoms with Crippen LogP contribution in [0, 0.1) is 0 Å². The molecular weight excluding hydrogens is 258 g/mol. The molecule has 1 aliphatic heterocycles. The molecule has 106 valence electrons. The Balaban J connectivity index is 1.77. The maximum atomic E-state index is 12.1. The molecule has 1 amide bonds. The summed E-state index contributed by atoms with van der Waals surface area (Å²) in [5.74, 6) is 0.183. The highest BCUT2D eigenvalue weighted by Crippen LogP contribution is 2.13. The first-order chi connectivity index (χ1) is 8.94. The van der Waals surface area contributed by atoms with E-state index in [2.05, 4.69) is 21.7 Å². The van der Waals surface area contributed by atoms with E-state index in [0.29, 0.717) is 6.42 Å². The summed E-state index contributed by atoms with van der Waals surface area (Å²) in [5, 5.41) is 4.30. The Morgan fingerprint density at radius 2 is 2.05 bits per heavy atom. The number of rotatable bonds is 4. The molecule has 0 radical (unpaired) electrons. The van der Waals surface area contributed by atoms with Crippen molar-refractivity contribution >= 4 is 17.2 Å². The molecule has 1 aromatic rings. The Morgan fingerprint density at radius 3 is 2.58 bits per heavy atom. The first kappa shape index (κ1) is 14.5. The van der Waals surface area contributed by atoms with E-state index in [1.165, 1.54) is 5.56 Å². The lowest BCUT2D eigenvalue weighted by Gasteiger charge is -2.35. The predicted molar refractivity (Wildman–Crippen MR) is 79.1 cm³/mol. The van der Waals surface area contributed by atoms with Crippen LogP contribution in [0.4, 0.5) is 0 Å². The Hall–Kier alpha value is -0.910. The highest BCUT2D eigenvalue weighted by atomic mass is 32.1. The van der Waals surface area contributed by atoms with Gasteiger partial charge in [0.05, 0.1) is 0 Å². The average molecular weight is 281 g/mol. The van der Waals surface area contributed by atoms with Crippen LogP contribution in [0.2, 0.25) is 0 Å². The number of carbonyl (C=O) groups excluding carboxylic acids is 1. The van der Waals surface area contributed by atoms with Gasteiger partial charge in [0.1, 0.15) is 0 Å². The van der Waals surface area contributed by atoms with Crippen LogP contribution in [0.15, 0.2) is 16.8 Å². The SMILES string of the molecule is CC(C)(N)CC(=O)N1CCN(Cc2ccsc2)CC1. The van der Waals surface area contributed by atoms with E-state index >= 15 is 0 Å². The van der Waals surface area contributed by atoms with E-state index in [-0.39, 0.29) is 5.91 Å². The monoisotopic (exact) mass is 281 g/mol. The molecule has 0 spiro atoms. The second-order valence-corrected chi connectivity index (χ2v) is 6.73. The van der Waals surface area contributed by atoms with Gasteiger partial charge in [-0.25, -0.2) is 0 Å². The van der Waals surface area contributed by atoms with Crippen molar-refractivity contribution in [2.24, 2.45) is 5.73 Å². The summed E-state index contributed by atoms with van der Waals surface area (Å²) in [4.78, 5) is 16.4. The topological polar surface area (TPSA) is 49.6 Å². The lowest BCUT2D eigenvalue weighted by molar-refractivity contribution is -0.134. The van der Waals surface area contributed by atoms with Gasteiger partial charge in [-0.05, 0) is 36.2 Å². The van der Waals surface area contributed by atoms with E-state index in [9.17, 15) is 4.79 Å². The number of hydrogen-bond donors (Lipinski definition) is 1. The molecule has 2 N–H and O–H groups in total.